The molecule has 0 aliphatic heterocycles. The van der Waals surface area contributed by atoms with Gasteiger partial charge in [0, 0.05) is 12.5 Å². The summed E-state index contributed by atoms with van der Waals surface area (Å²) >= 11 is 0. The van der Waals surface area contributed by atoms with Gasteiger partial charge in [-0.2, -0.15) is 0 Å². The second kappa shape index (κ2) is 7.13. The second-order valence-electron chi connectivity index (χ2n) is 6.73. The van der Waals surface area contributed by atoms with Crippen molar-refractivity contribution in [2.45, 2.75) is 71.8 Å². The smallest absolute Gasteiger partial charge is 0.303 e. The molecule has 2 unspecified atom stereocenters. The van der Waals surface area contributed by atoms with Crippen molar-refractivity contribution in [1.82, 2.24) is 5.32 Å². The minimum atomic E-state index is -0.683. The van der Waals surface area contributed by atoms with Crippen molar-refractivity contribution in [3.8, 4) is 0 Å². The van der Waals surface area contributed by atoms with Crippen LogP contribution in [0.3, 0.4) is 0 Å². The number of carboxylic acid groups (broad SMARTS) is 1. The lowest BCUT2D eigenvalue weighted by Gasteiger charge is -2.30. The first-order chi connectivity index (χ1) is 8.39. The number of nitrogens with one attached hydrogen (secondary N) is 1. The van der Waals surface area contributed by atoms with Gasteiger partial charge in [0.2, 0.25) is 0 Å². The molecule has 1 saturated carbocycles. The summed E-state index contributed by atoms with van der Waals surface area (Å²) in [7, 11) is 0. The van der Waals surface area contributed by atoms with E-state index in [-0.39, 0.29) is 11.8 Å². The lowest BCUT2D eigenvalue weighted by Crippen LogP contribution is -2.35. The summed E-state index contributed by atoms with van der Waals surface area (Å²) in [5.74, 6) is 0.174. The van der Waals surface area contributed by atoms with Gasteiger partial charge < -0.3 is 10.4 Å². The Morgan fingerprint density at radius 3 is 2.67 bits per heavy atom. The number of rotatable bonds is 7. The minimum absolute atomic E-state index is 0.131. The molecule has 0 heterocycles. The van der Waals surface area contributed by atoms with Crippen LogP contribution in [0.4, 0.5) is 0 Å². The molecule has 0 aromatic heterocycles. The normalized spacial score (nSPS) is 25.1. The molecular formula is C15H29NO2. The second-order valence-corrected chi connectivity index (χ2v) is 6.73. The van der Waals surface area contributed by atoms with Crippen LogP contribution in [0.2, 0.25) is 0 Å². The number of carboxylic acids is 1. The van der Waals surface area contributed by atoms with E-state index in [4.69, 9.17) is 5.11 Å². The van der Waals surface area contributed by atoms with Gasteiger partial charge in [-0.25, -0.2) is 0 Å². The average Bonchev–Trinajstić information content (AvgIpc) is 2.26. The Balaban J connectivity index is 2.17. The first-order valence-corrected chi connectivity index (χ1v) is 7.34. The SMILES string of the molecule is CC1CCCC(NCCC(C)(C)CCC(=O)O)C1. The van der Waals surface area contributed by atoms with Gasteiger partial charge in [0.25, 0.3) is 0 Å². The molecular weight excluding hydrogens is 226 g/mol. The van der Waals surface area contributed by atoms with Gasteiger partial charge in [-0.1, -0.05) is 33.6 Å². The van der Waals surface area contributed by atoms with Crippen molar-refractivity contribution in [3.63, 3.8) is 0 Å². The number of hydrogen-bond acceptors (Lipinski definition) is 2. The van der Waals surface area contributed by atoms with Crippen LogP contribution in [0.5, 0.6) is 0 Å². The largest absolute Gasteiger partial charge is 0.481 e. The van der Waals surface area contributed by atoms with Crippen LogP contribution in [-0.4, -0.2) is 23.7 Å². The Morgan fingerprint density at radius 2 is 2.06 bits per heavy atom. The fraction of sp³-hybridized carbons (Fsp3) is 0.933. The molecule has 0 radical (unpaired) electrons. The molecule has 106 valence electrons. The Kier molecular flexibility index (Phi) is 6.13. The molecule has 3 nitrogen and oxygen atoms in total. The molecule has 2 atom stereocenters. The van der Waals surface area contributed by atoms with Gasteiger partial charge in [0.1, 0.15) is 0 Å². The van der Waals surface area contributed by atoms with Gasteiger partial charge in [-0.15, -0.1) is 0 Å². The molecule has 18 heavy (non-hydrogen) atoms. The number of hydrogen-bond donors (Lipinski definition) is 2. The quantitative estimate of drug-likeness (QED) is 0.732. The van der Waals surface area contributed by atoms with E-state index in [2.05, 4.69) is 26.1 Å². The topological polar surface area (TPSA) is 49.3 Å². The van der Waals surface area contributed by atoms with Crippen LogP contribution in [0.25, 0.3) is 0 Å². The van der Waals surface area contributed by atoms with Crippen molar-refractivity contribution in [1.29, 1.82) is 0 Å². The first-order valence-electron chi connectivity index (χ1n) is 7.34. The number of aliphatic carboxylic acids is 1. The van der Waals surface area contributed by atoms with Crippen LogP contribution in [0.15, 0.2) is 0 Å². The van der Waals surface area contributed by atoms with Crippen molar-refractivity contribution >= 4 is 5.97 Å². The van der Waals surface area contributed by atoms with Gasteiger partial charge in [0.05, 0.1) is 0 Å². The third-order valence-corrected chi connectivity index (χ3v) is 4.19. The summed E-state index contributed by atoms with van der Waals surface area (Å²) in [4.78, 5) is 10.6. The zero-order valence-electron chi connectivity index (χ0n) is 12.2. The predicted octanol–water partition coefficient (Wildman–Crippen LogP) is 3.44. The average molecular weight is 255 g/mol. The molecule has 0 aromatic carbocycles. The van der Waals surface area contributed by atoms with Gasteiger partial charge >= 0.3 is 5.97 Å². The summed E-state index contributed by atoms with van der Waals surface area (Å²) in [6, 6.07) is 0.684. The third-order valence-electron chi connectivity index (χ3n) is 4.19. The van der Waals surface area contributed by atoms with Crippen LogP contribution in [0, 0.1) is 11.3 Å². The highest BCUT2D eigenvalue weighted by atomic mass is 16.4. The Hall–Kier alpha value is -0.570. The molecule has 1 aliphatic carbocycles. The van der Waals surface area contributed by atoms with Crippen molar-refractivity contribution < 1.29 is 9.90 Å². The fourth-order valence-corrected chi connectivity index (χ4v) is 2.80. The molecule has 2 N–H and O–H groups in total. The van der Waals surface area contributed by atoms with E-state index in [1.54, 1.807) is 0 Å². The standard InChI is InChI=1S/C15H29NO2/c1-12-5-4-6-13(11-12)16-10-9-15(2,3)8-7-14(17)18/h12-13,16H,4-11H2,1-3H3,(H,17,18). The molecule has 0 bridgehead atoms. The monoisotopic (exact) mass is 255 g/mol. The van der Waals surface area contributed by atoms with Crippen LogP contribution in [0.1, 0.15) is 65.7 Å². The van der Waals surface area contributed by atoms with Crippen LogP contribution >= 0.6 is 0 Å². The maximum Gasteiger partial charge on any atom is 0.303 e. The van der Waals surface area contributed by atoms with E-state index in [9.17, 15) is 4.79 Å². The van der Waals surface area contributed by atoms with E-state index in [1.165, 1.54) is 25.7 Å². The minimum Gasteiger partial charge on any atom is -0.481 e. The van der Waals surface area contributed by atoms with Crippen LogP contribution in [-0.2, 0) is 4.79 Å². The molecule has 3 heteroatoms. The Labute approximate surface area is 111 Å². The molecule has 1 rings (SSSR count). The summed E-state index contributed by atoms with van der Waals surface area (Å²) in [5, 5.41) is 12.4. The summed E-state index contributed by atoms with van der Waals surface area (Å²) in [6.45, 7) is 7.69. The van der Waals surface area contributed by atoms with E-state index < -0.39 is 5.97 Å². The van der Waals surface area contributed by atoms with E-state index >= 15 is 0 Å². The highest BCUT2D eigenvalue weighted by Crippen LogP contribution is 2.27. The summed E-state index contributed by atoms with van der Waals surface area (Å²) in [6.07, 6.45) is 7.45. The highest BCUT2D eigenvalue weighted by Gasteiger charge is 2.21. The molecule has 0 saturated heterocycles. The summed E-state index contributed by atoms with van der Waals surface area (Å²) < 4.78 is 0. The van der Waals surface area contributed by atoms with Gasteiger partial charge in [-0.05, 0) is 43.6 Å². The predicted molar refractivity (Wildman–Crippen MR) is 74.7 cm³/mol. The Bertz CT molecular complexity index is 263. The van der Waals surface area contributed by atoms with E-state index in [0.717, 1.165) is 25.3 Å². The van der Waals surface area contributed by atoms with Gasteiger partial charge in [0.15, 0.2) is 0 Å². The van der Waals surface area contributed by atoms with Gasteiger partial charge in [-0.3, -0.25) is 4.79 Å². The molecule has 0 amide bonds. The molecule has 0 aromatic rings. The zero-order chi connectivity index (χ0) is 13.6. The van der Waals surface area contributed by atoms with E-state index in [1.807, 2.05) is 0 Å². The Morgan fingerprint density at radius 1 is 1.33 bits per heavy atom. The zero-order valence-corrected chi connectivity index (χ0v) is 12.2. The summed E-state index contributed by atoms with van der Waals surface area (Å²) in [5.41, 5.74) is 0.131. The van der Waals surface area contributed by atoms with Crippen molar-refractivity contribution in [2.75, 3.05) is 6.54 Å². The van der Waals surface area contributed by atoms with E-state index in [0.29, 0.717) is 6.04 Å². The third kappa shape index (κ3) is 6.39. The molecule has 0 spiro atoms. The molecule has 1 aliphatic rings. The lowest BCUT2D eigenvalue weighted by atomic mass is 9.83. The molecule has 1 fully saturated rings. The van der Waals surface area contributed by atoms with Crippen molar-refractivity contribution in [2.24, 2.45) is 11.3 Å². The number of carbonyl (C=O) groups is 1. The highest BCUT2D eigenvalue weighted by molar-refractivity contribution is 5.66. The maximum atomic E-state index is 10.6. The van der Waals surface area contributed by atoms with Crippen molar-refractivity contribution in [3.05, 3.63) is 0 Å². The first kappa shape index (κ1) is 15.5. The lowest BCUT2D eigenvalue weighted by molar-refractivity contribution is -0.137. The maximum absolute atomic E-state index is 10.6. The fourth-order valence-electron chi connectivity index (χ4n) is 2.80. The van der Waals surface area contributed by atoms with Crippen LogP contribution < -0.4 is 5.32 Å².